The van der Waals surface area contributed by atoms with Crippen LogP contribution >= 0.6 is 0 Å². The van der Waals surface area contributed by atoms with Crippen molar-refractivity contribution in [2.45, 2.75) is 19.3 Å². The van der Waals surface area contributed by atoms with Crippen LogP contribution in [0, 0.1) is 5.92 Å². The standard InChI is InChI=1S/C19H20N4O/c24-19(18-11-20-13-22-18)23-8-2-3-15(12-23)9-14-5-6-17-16(10-14)4-1-7-21-17/h1,4-7,10-11,13,15H,2-3,8-9,12H2,(H,20,22)/t15-/m0/s1. The normalized spacial score (nSPS) is 18.0. The van der Waals surface area contributed by atoms with Gasteiger partial charge in [-0.3, -0.25) is 9.78 Å². The Morgan fingerprint density at radius 3 is 3.17 bits per heavy atom. The third-order valence-electron chi connectivity index (χ3n) is 4.73. The molecular weight excluding hydrogens is 300 g/mol. The Hall–Kier alpha value is -2.69. The van der Waals surface area contributed by atoms with Crippen molar-refractivity contribution < 1.29 is 4.79 Å². The van der Waals surface area contributed by atoms with Crippen molar-refractivity contribution in [2.75, 3.05) is 13.1 Å². The summed E-state index contributed by atoms with van der Waals surface area (Å²) >= 11 is 0. The highest BCUT2D eigenvalue weighted by atomic mass is 16.2. The molecule has 0 aliphatic carbocycles. The Balaban J connectivity index is 1.46. The minimum Gasteiger partial charge on any atom is -0.341 e. The van der Waals surface area contributed by atoms with E-state index in [9.17, 15) is 4.79 Å². The van der Waals surface area contributed by atoms with Crippen LogP contribution in [-0.4, -0.2) is 38.8 Å². The maximum Gasteiger partial charge on any atom is 0.271 e. The molecule has 2 aromatic heterocycles. The van der Waals surface area contributed by atoms with Gasteiger partial charge in [-0.2, -0.15) is 0 Å². The summed E-state index contributed by atoms with van der Waals surface area (Å²) in [5, 5.41) is 1.18. The molecule has 0 radical (unpaired) electrons. The highest BCUT2D eigenvalue weighted by Crippen LogP contribution is 2.23. The predicted molar refractivity (Wildman–Crippen MR) is 92.7 cm³/mol. The number of carbonyl (C=O) groups is 1. The number of fused-ring (bicyclic) bond motifs is 1. The Morgan fingerprint density at radius 2 is 2.29 bits per heavy atom. The first-order chi connectivity index (χ1) is 11.8. The topological polar surface area (TPSA) is 61.9 Å². The minimum atomic E-state index is 0.0555. The smallest absolute Gasteiger partial charge is 0.271 e. The number of pyridine rings is 1. The van der Waals surface area contributed by atoms with Gasteiger partial charge in [0.1, 0.15) is 5.69 Å². The summed E-state index contributed by atoms with van der Waals surface area (Å²) in [7, 11) is 0. The number of aromatic amines is 1. The zero-order chi connectivity index (χ0) is 16.4. The van der Waals surface area contributed by atoms with E-state index in [1.54, 1.807) is 12.5 Å². The molecular formula is C19H20N4O. The fourth-order valence-corrected chi connectivity index (χ4v) is 3.54. The van der Waals surface area contributed by atoms with E-state index in [0.29, 0.717) is 11.6 Å². The van der Waals surface area contributed by atoms with E-state index in [2.05, 4.69) is 39.2 Å². The molecule has 1 saturated heterocycles. The lowest BCUT2D eigenvalue weighted by Crippen LogP contribution is -2.40. The largest absolute Gasteiger partial charge is 0.341 e. The molecule has 5 nitrogen and oxygen atoms in total. The second kappa shape index (κ2) is 6.43. The van der Waals surface area contributed by atoms with Crippen molar-refractivity contribution in [3.63, 3.8) is 0 Å². The van der Waals surface area contributed by atoms with Crippen molar-refractivity contribution in [2.24, 2.45) is 5.92 Å². The van der Waals surface area contributed by atoms with Gasteiger partial charge in [-0.15, -0.1) is 0 Å². The predicted octanol–water partition coefficient (Wildman–Crippen LogP) is 3.05. The van der Waals surface area contributed by atoms with E-state index >= 15 is 0 Å². The first-order valence-corrected chi connectivity index (χ1v) is 8.41. The number of benzene rings is 1. The van der Waals surface area contributed by atoms with E-state index in [4.69, 9.17) is 0 Å². The van der Waals surface area contributed by atoms with Gasteiger partial charge in [-0.05, 0) is 48.9 Å². The van der Waals surface area contributed by atoms with Crippen molar-refractivity contribution >= 4 is 16.8 Å². The van der Waals surface area contributed by atoms with E-state index in [1.807, 2.05) is 17.2 Å². The minimum absolute atomic E-state index is 0.0555. The molecule has 1 aliphatic rings. The second-order valence-corrected chi connectivity index (χ2v) is 6.46. The number of piperidine rings is 1. The third-order valence-corrected chi connectivity index (χ3v) is 4.73. The Morgan fingerprint density at radius 1 is 1.33 bits per heavy atom. The van der Waals surface area contributed by atoms with Crippen molar-refractivity contribution in [1.29, 1.82) is 0 Å². The van der Waals surface area contributed by atoms with E-state index in [-0.39, 0.29) is 5.91 Å². The van der Waals surface area contributed by atoms with Gasteiger partial charge < -0.3 is 9.88 Å². The fraction of sp³-hybridized carbons (Fsp3) is 0.316. The van der Waals surface area contributed by atoms with Gasteiger partial charge in [0.2, 0.25) is 0 Å². The molecule has 1 aromatic carbocycles. The van der Waals surface area contributed by atoms with Crippen LogP contribution in [0.4, 0.5) is 0 Å². The number of aromatic nitrogens is 3. The quantitative estimate of drug-likeness (QED) is 0.807. The van der Waals surface area contributed by atoms with Gasteiger partial charge in [0.25, 0.3) is 5.91 Å². The number of hydrogen-bond donors (Lipinski definition) is 1. The summed E-state index contributed by atoms with van der Waals surface area (Å²) < 4.78 is 0. The molecule has 0 unspecified atom stereocenters. The molecule has 0 spiro atoms. The number of nitrogens with one attached hydrogen (secondary N) is 1. The Kier molecular flexibility index (Phi) is 3.99. The van der Waals surface area contributed by atoms with Gasteiger partial charge in [-0.1, -0.05) is 12.1 Å². The molecule has 1 N–H and O–H groups in total. The molecule has 122 valence electrons. The number of H-pyrrole nitrogens is 1. The van der Waals surface area contributed by atoms with Crippen LogP contribution in [0.1, 0.15) is 28.9 Å². The first kappa shape index (κ1) is 14.9. The number of hydrogen-bond acceptors (Lipinski definition) is 3. The monoisotopic (exact) mass is 320 g/mol. The summed E-state index contributed by atoms with van der Waals surface area (Å²) in [6.07, 6.45) is 8.19. The Labute approximate surface area is 140 Å². The zero-order valence-corrected chi connectivity index (χ0v) is 13.5. The van der Waals surface area contributed by atoms with Crippen molar-refractivity contribution in [3.8, 4) is 0 Å². The summed E-state index contributed by atoms with van der Waals surface area (Å²) in [6, 6.07) is 10.5. The van der Waals surface area contributed by atoms with E-state index < -0.39 is 0 Å². The Bertz CT molecular complexity index is 843. The van der Waals surface area contributed by atoms with Crippen LogP contribution in [0.5, 0.6) is 0 Å². The molecule has 1 atom stereocenters. The van der Waals surface area contributed by atoms with Gasteiger partial charge >= 0.3 is 0 Å². The summed E-state index contributed by atoms with van der Waals surface area (Å²) in [4.78, 5) is 25.7. The lowest BCUT2D eigenvalue weighted by molar-refractivity contribution is 0.0668. The van der Waals surface area contributed by atoms with Gasteiger partial charge in [-0.25, -0.2) is 4.98 Å². The van der Waals surface area contributed by atoms with Crippen LogP contribution < -0.4 is 0 Å². The highest BCUT2D eigenvalue weighted by Gasteiger charge is 2.25. The van der Waals surface area contributed by atoms with Crippen LogP contribution in [0.15, 0.2) is 49.1 Å². The number of nitrogens with zero attached hydrogens (tertiary/aromatic N) is 3. The average molecular weight is 320 g/mol. The zero-order valence-electron chi connectivity index (χ0n) is 13.5. The maximum absolute atomic E-state index is 12.5. The lowest BCUT2D eigenvalue weighted by Gasteiger charge is -2.32. The molecule has 4 rings (SSSR count). The molecule has 0 bridgehead atoms. The number of likely N-dealkylation sites (tertiary alicyclic amines) is 1. The molecule has 24 heavy (non-hydrogen) atoms. The van der Waals surface area contributed by atoms with E-state index in [1.165, 1.54) is 10.9 Å². The number of amides is 1. The van der Waals surface area contributed by atoms with Crippen LogP contribution in [0.2, 0.25) is 0 Å². The average Bonchev–Trinajstić information content (AvgIpc) is 3.16. The number of carbonyl (C=O) groups excluding carboxylic acids is 1. The molecule has 3 heterocycles. The van der Waals surface area contributed by atoms with E-state index in [0.717, 1.165) is 37.9 Å². The van der Waals surface area contributed by atoms with Crippen molar-refractivity contribution in [1.82, 2.24) is 19.9 Å². The highest BCUT2D eigenvalue weighted by molar-refractivity contribution is 5.92. The maximum atomic E-state index is 12.5. The second-order valence-electron chi connectivity index (χ2n) is 6.46. The third kappa shape index (κ3) is 3.02. The molecule has 1 fully saturated rings. The van der Waals surface area contributed by atoms with Crippen LogP contribution in [0.25, 0.3) is 10.9 Å². The van der Waals surface area contributed by atoms with Crippen LogP contribution in [-0.2, 0) is 6.42 Å². The van der Waals surface area contributed by atoms with Gasteiger partial charge in [0.05, 0.1) is 18.0 Å². The molecule has 5 heteroatoms. The number of imidazole rings is 1. The summed E-state index contributed by atoms with van der Waals surface area (Å²) in [6.45, 7) is 1.64. The molecule has 3 aromatic rings. The fourth-order valence-electron chi connectivity index (χ4n) is 3.54. The summed E-state index contributed by atoms with van der Waals surface area (Å²) in [5.74, 6) is 0.555. The van der Waals surface area contributed by atoms with Gasteiger partial charge in [0, 0.05) is 24.7 Å². The lowest BCUT2D eigenvalue weighted by atomic mass is 9.90. The number of rotatable bonds is 3. The first-order valence-electron chi connectivity index (χ1n) is 8.41. The SMILES string of the molecule is O=C(c1cnc[nH]1)N1CCC[C@@H](Cc2ccc3ncccc3c2)C1. The van der Waals surface area contributed by atoms with Gasteiger partial charge in [0.15, 0.2) is 0 Å². The molecule has 1 aliphatic heterocycles. The molecule has 1 amide bonds. The summed E-state index contributed by atoms with van der Waals surface area (Å²) in [5.41, 5.74) is 2.92. The van der Waals surface area contributed by atoms with Crippen LogP contribution in [0.3, 0.4) is 0 Å². The van der Waals surface area contributed by atoms with Crippen molar-refractivity contribution in [3.05, 3.63) is 60.3 Å². The molecule has 0 saturated carbocycles.